The average molecular weight is 371 g/mol. The van der Waals surface area contributed by atoms with E-state index in [0.29, 0.717) is 13.2 Å². The van der Waals surface area contributed by atoms with E-state index in [1.54, 1.807) is 6.08 Å². The number of carbonyl (C=O) groups is 2. The van der Waals surface area contributed by atoms with E-state index < -0.39 is 5.54 Å². The zero-order valence-corrected chi connectivity index (χ0v) is 16.2. The van der Waals surface area contributed by atoms with Crippen molar-refractivity contribution in [1.29, 1.82) is 0 Å². The second-order valence-corrected chi connectivity index (χ2v) is 7.68. The molecule has 1 N–H and O–H groups in total. The Morgan fingerprint density at radius 1 is 1.33 bits per heavy atom. The number of benzene rings is 1. The highest BCUT2D eigenvalue weighted by molar-refractivity contribution is 6.07. The van der Waals surface area contributed by atoms with Crippen LogP contribution in [0.3, 0.4) is 0 Å². The van der Waals surface area contributed by atoms with E-state index in [9.17, 15) is 9.59 Å². The molecule has 2 aliphatic rings. The van der Waals surface area contributed by atoms with Gasteiger partial charge in [-0.15, -0.1) is 0 Å². The van der Waals surface area contributed by atoms with Gasteiger partial charge in [0.15, 0.2) is 0 Å². The number of hydrogen-bond donors (Lipinski definition) is 1. The maximum absolute atomic E-state index is 13.0. The number of urea groups is 1. The normalized spacial score (nSPS) is 25.1. The van der Waals surface area contributed by atoms with Crippen LogP contribution in [0.5, 0.6) is 5.75 Å². The molecule has 146 valence electrons. The van der Waals surface area contributed by atoms with Gasteiger partial charge in [-0.25, -0.2) is 9.69 Å². The van der Waals surface area contributed by atoms with E-state index in [1.165, 1.54) is 4.90 Å². The summed E-state index contributed by atoms with van der Waals surface area (Å²) in [5.74, 6) is 0.907. The van der Waals surface area contributed by atoms with Crippen LogP contribution in [0.25, 0.3) is 0 Å². The number of nitrogens with zero attached hydrogens (tertiary/aromatic N) is 2. The van der Waals surface area contributed by atoms with E-state index in [-0.39, 0.29) is 24.5 Å². The van der Waals surface area contributed by atoms with Crippen LogP contribution in [0.1, 0.15) is 38.2 Å². The Balaban J connectivity index is 1.60. The summed E-state index contributed by atoms with van der Waals surface area (Å²) in [6, 6.07) is 7.55. The Kier molecular flexibility index (Phi) is 5.85. The monoisotopic (exact) mass is 371 g/mol. The zero-order valence-electron chi connectivity index (χ0n) is 16.2. The Labute approximate surface area is 161 Å². The fourth-order valence-electron chi connectivity index (χ4n) is 4.07. The van der Waals surface area contributed by atoms with Crippen LogP contribution >= 0.6 is 0 Å². The molecule has 0 radical (unpaired) electrons. The largest absolute Gasteiger partial charge is 0.490 e. The summed E-state index contributed by atoms with van der Waals surface area (Å²) >= 11 is 0. The predicted octanol–water partition coefficient (Wildman–Crippen LogP) is 3.14. The molecule has 1 aromatic rings. The van der Waals surface area contributed by atoms with Crippen molar-refractivity contribution in [2.45, 2.75) is 44.7 Å². The maximum atomic E-state index is 13.0. The van der Waals surface area contributed by atoms with Gasteiger partial charge in [-0.2, -0.15) is 0 Å². The summed E-state index contributed by atoms with van der Waals surface area (Å²) in [6.45, 7) is 7.11. The Hall–Kier alpha value is -2.34. The van der Waals surface area contributed by atoms with Gasteiger partial charge < -0.3 is 10.1 Å². The number of ether oxygens (including phenoxy) is 1. The van der Waals surface area contributed by atoms with Gasteiger partial charge in [0.05, 0.1) is 6.67 Å². The van der Waals surface area contributed by atoms with Gasteiger partial charge in [-0.05, 0) is 43.5 Å². The molecule has 2 fully saturated rings. The molecule has 1 saturated heterocycles. The standard InChI is InChI=1S/C21H29N3O3/c1-4-13-27-18-10-8-17(9-11-18)14-23(3)15-24-19(25)21(22-20(24)26)12-6-5-7-16(21)2/h4,8-11,16H,1,5-7,12-15H2,2-3H3,(H,22,26)/t16-,21+/m0/s1. The lowest BCUT2D eigenvalue weighted by atomic mass is 9.73. The van der Waals surface area contributed by atoms with Crippen LogP contribution in [0.2, 0.25) is 0 Å². The molecule has 0 aromatic heterocycles. The van der Waals surface area contributed by atoms with Crippen molar-refractivity contribution in [2.75, 3.05) is 20.3 Å². The van der Waals surface area contributed by atoms with E-state index in [4.69, 9.17) is 4.74 Å². The molecule has 1 aliphatic carbocycles. The van der Waals surface area contributed by atoms with E-state index >= 15 is 0 Å². The molecule has 6 nitrogen and oxygen atoms in total. The fourth-order valence-corrected chi connectivity index (χ4v) is 4.07. The van der Waals surface area contributed by atoms with Gasteiger partial charge in [0.25, 0.3) is 5.91 Å². The van der Waals surface area contributed by atoms with Gasteiger partial charge in [-0.1, -0.05) is 44.6 Å². The minimum absolute atomic E-state index is 0.0697. The van der Waals surface area contributed by atoms with Crippen molar-refractivity contribution < 1.29 is 14.3 Å². The Morgan fingerprint density at radius 2 is 2.07 bits per heavy atom. The first kappa shape index (κ1) is 19.4. The van der Waals surface area contributed by atoms with Gasteiger partial charge >= 0.3 is 6.03 Å². The Morgan fingerprint density at radius 3 is 2.74 bits per heavy atom. The molecule has 27 heavy (non-hydrogen) atoms. The second-order valence-electron chi connectivity index (χ2n) is 7.68. The minimum Gasteiger partial charge on any atom is -0.490 e. The van der Waals surface area contributed by atoms with Crippen LogP contribution in [0.4, 0.5) is 4.79 Å². The van der Waals surface area contributed by atoms with E-state index in [0.717, 1.165) is 37.0 Å². The highest BCUT2D eigenvalue weighted by Gasteiger charge is 2.54. The zero-order chi connectivity index (χ0) is 19.4. The van der Waals surface area contributed by atoms with Gasteiger partial charge in [0.1, 0.15) is 17.9 Å². The van der Waals surface area contributed by atoms with Gasteiger partial charge in [0, 0.05) is 6.54 Å². The van der Waals surface area contributed by atoms with E-state index in [1.807, 2.05) is 36.2 Å². The molecule has 1 saturated carbocycles. The number of hydrogen-bond acceptors (Lipinski definition) is 4. The molecule has 1 aromatic carbocycles. The van der Waals surface area contributed by atoms with Crippen LogP contribution in [0.15, 0.2) is 36.9 Å². The molecule has 1 aliphatic heterocycles. The number of imide groups is 1. The van der Waals surface area contributed by atoms with Crippen molar-refractivity contribution in [3.05, 3.63) is 42.5 Å². The molecule has 0 unspecified atom stereocenters. The number of rotatable bonds is 7. The molecule has 0 bridgehead atoms. The van der Waals surface area contributed by atoms with Crippen LogP contribution < -0.4 is 10.1 Å². The molecule has 3 rings (SSSR count). The first-order valence-corrected chi connectivity index (χ1v) is 9.61. The van der Waals surface area contributed by atoms with Crippen molar-refractivity contribution in [1.82, 2.24) is 15.1 Å². The number of amides is 3. The third-order valence-electron chi connectivity index (χ3n) is 5.63. The topological polar surface area (TPSA) is 61.9 Å². The van der Waals surface area contributed by atoms with E-state index in [2.05, 4.69) is 18.8 Å². The summed E-state index contributed by atoms with van der Waals surface area (Å²) in [7, 11) is 1.91. The van der Waals surface area contributed by atoms with Crippen molar-refractivity contribution in [2.24, 2.45) is 5.92 Å². The van der Waals surface area contributed by atoms with Crippen LogP contribution in [0, 0.1) is 5.92 Å². The van der Waals surface area contributed by atoms with Gasteiger partial charge in [-0.3, -0.25) is 9.69 Å². The van der Waals surface area contributed by atoms with Crippen molar-refractivity contribution in [3.8, 4) is 5.75 Å². The highest BCUT2D eigenvalue weighted by Crippen LogP contribution is 2.38. The third-order valence-corrected chi connectivity index (χ3v) is 5.63. The average Bonchev–Trinajstić information content (AvgIpc) is 2.88. The smallest absolute Gasteiger partial charge is 0.326 e. The Bertz CT molecular complexity index is 703. The summed E-state index contributed by atoms with van der Waals surface area (Å²) in [5, 5.41) is 3.00. The van der Waals surface area contributed by atoms with Crippen LogP contribution in [-0.4, -0.2) is 47.6 Å². The summed E-state index contributed by atoms with van der Waals surface area (Å²) in [5.41, 5.74) is 0.400. The highest BCUT2D eigenvalue weighted by atomic mass is 16.5. The molecule has 6 heteroatoms. The fraction of sp³-hybridized carbons (Fsp3) is 0.524. The lowest BCUT2D eigenvalue weighted by Gasteiger charge is -2.37. The molecule has 3 amide bonds. The quantitative estimate of drug-likeness (QED) is 0.591. The molecular formula is C21H29N3O3. The molecule has 2 atom stereocenters. The number of nitrogens with one attached hydrogen (secondary N) is 1. The minimum atomic E-state index is -0.694. The van der Waals surface area contributed by atoms with Crippen molar-refractivity contribution in [3.63, 3.8) is 0 Å². The first-order valence-electron chi connectivity index (χ1n) is 9.61. The second kappa shape index (κ2) is 8.13. The lowest BCUT2D eigenvalue weighted by molar-refractivity contribution is -0.135. The molecule has 1 spiro atoms. The lowest BCUT2D eigenvalue weighted by Crippen LogP contribution is -2.54. The SMILES string of the molecule is C=CCOc1ccc(CN(C)CN2C(=O)N[C@@]3(CCCC[C@@H]3C)C2=O)cc1. The predicted molar refractivity (Wildman–Crippen MR) is 104 cm³/mol. The molecular weight excluding hydrogens is 342 g/mol. The first-order chi connectivity index (χ1) is 13.0. The summed E-state index contributed by atoms with van der Waals surface area (Å²) < 4.78 is 5.49. The summed E-state index contributed by atoms with van der Waals surface area (Å²) in [4.78, 5) is 28.8. The van der Waals surface area contributed by atoms with Crippen LogP contribution in [-0.2, 0) is 11.3 Å². The maximum Gasteiger partial charge on any atom is 0.326 e. The third kappa shape index (κ3) is 4.00. The van der Waals surface area contributed by atoms with Gasteiger partial charge in [0.2, 0.25) is 0 Å². The number of carbonyl (C=O) groups excluding carboxylic acids is 2. The summed E-state index contributed by atoms with van der Waals surface area (Å²) in [6.07, 6.45) is 5.54. The van der Waals surface area contributed by atoms with Crippen molar-refractivity contribution >= 4 is 11.9 Å². The molecule has 1 heterocycles.